The molecule has 0 aliphatic carbocycles. The molecule has 3 atom stereocenters. The van der Waals surface area contributed by atoms with E-state index >= 15 is 0 Å². The molecule has 0 radical (unpaired) electrons. The molecule has 13 heteroatoms. The highest BCUT2D eigenvalue weighted by Gasteiger charge is 2.50. The second kappa shape index (κ2) is 12.6. The van der Waals surface area contributed by atoms with Crippen LogP contribution < -0.4 is 20.7 Å². The second-order valence-corrected chi connectivity index (χ2v) is 12.4. The molecule has 4 heterocycles. The predicted octanol–water partition coefficient (Wildman–Crippen LogP) is 6.47. The van der Waals surface area contributed by atoms with E-state index in [-0.39, 0.29) is 28.8 Å². The summed E-state index contributed by atoms with van der Waals surface area (Å²) in [5.41, 5.74) is 8.16. The third-order valence-corrected chi connectivity index (χ3v) is 9.57. The minimum atomic E-state index is -4.78. The van der Waals surface area contributed by atoms with E-state index in [1.807, 2.05) is 11.8 Å². The summed E-state index contributed by atoms with van der Waals surface area (Å²) in [5, 5.41) is 13.4. The van der Waals surface area contributed by atoms with E-state index in [0.717, 1.165) is 12.6 Å². The van der Waals surface area contributed by atoms with Crippen LogP contribution in [0.1, 0.15) is 56.8 Å². The van der Waals surface area contributed by atoms with Gasteiger partial charge in [-0.05, 0) is 72.4 Å². The van der Waals surface area contributed by atoms with Gasteiger partial charge in [-0.3, -0.25) is 9.78 Å². The zero-order valence-corrected chi connectivity index (χ0v) is 26.0. The molecule has 4 N–H and O–H groups in total. The van der Waals surface area contributed by atoms with Gasteiger partial charge in [-0.25, -0.2) is 4.39 Å². The van der Waals surface area contributed by atoms with Crippen LogP contribution in [0.2, 0.25) is 0 Å². The summed E-state index contributed by atoms with van der Waals surface area (Å²) in [6, 6.07) is 12.2. The van der Waals surface area contributed by atoms with Crippen molar-refractivity contribution in [1.29, 1.82) is 0 Å². The second-order valence-electron chi connectivity index (χ2n) is 12.4. The molecule has 9 nitrogen and oxygen atoms in total. The van der Waals surface area contributed by atoms with Gasteiger partial charge in [0.15, 0.2) is 0 Å². The number of fused-ring (bicyclic) bond motifs is 1. The fourth-order valence-electron chi connectivity index (χ4n) is 7.18. The van der Waals surface area contributed by atoms with Gasteiger partial charge >= 0.3 is 12.1 Å². The number of nitrogens with one attached hydrogen (secondary N) is 1. The van der Waals surface area contributed by atoms with Gasteiger partial charge in [-0.1, -0.05) is 38.1 Å². The van der Waals surface area contributed by atoms with Crippen molar-refractivity contribution in [3.63, 3.8) is 0 Å². The van der Waals surface area contributed by atoms with Gasteiger partial charge in [0.2, 0.25) is 17.9 Å². The molecule has 248 valence electrons. The van der Waals surface area contributed by atoms with Crippen LogP contribution in [0.3, 0.4) is 0 Å². The highest BCUT2D eigenvalue weighted by Crippen LogP contribution is 2.46. The predicted molar refractivity (Wildman–Crippen MR) is 170 cm³/mol. The zero-order chi connectivity index (χ0) is 33.5. The number of aliphatic carboxylic acids is 1. The summed E-state index contributed by atoms with van der Waals surface area (Å²) in [5.74, 6) is -1.51. The van der Waals surface area contributed by atoms with Crippen molar-refractivity contribution < 1.29 is 32.2 Å². The van der Waals surface area contributed by atoms with Crippen LogP contribution in [0.4, 0.5) is 29.3 Å². The Morgan fingerprint density at radius 1 is 1.11 bits per heavy atom. The lowest BCUT2D eigenvalue weighted by atomic mass is 9.71. The Hall–Kier alpha value is -4.52. The minimum Gasteiger partial charge on any atom is -0.480 e. The molecule has 6 rings (SSSR count). The summed E-state index contributed by atoms with van der Waals surface area (Å²) in [4.78, 5) is 26.0. The number of rotatable bonds is 8. The maximum absolute atomic E-state index is 14.6. The Kier molecular flexibility index (Phi) is 8.68. The number of nitrogens with zero attached hydrogens (tertiary/aromatic N) is 4. The van der Waals surface area contributed by atoms with E-state index in [4.69, 9.17) is 10.5 Å². The number of aromatic nitrogens is 3. The Labute approximate surface area is 269 Å². The molecule has 2 aliphatic rings. The average molecular weight is 653 g/mol. The maximum atomic E-state index is 14.6. The van der Waals surface area contributed by atoms with E-state index in [1.54, 1.807) is 37.3 Å². The Balaban J connectivity index is 1.25. The number of carboxylic acids is 1. The number of piperidine rings is 1. The first-order valence-electron chi connectivity index (χ1n) is 15.7. The number of pyridine rings is 1. The lowest BCUT2D eigenvalue weighted by Gasteiger charge is -2.43. The first-order chi connectivity index (χ1) is 22.4. The summed E-state index contributed by atoms with van der Waals surface area (Å²) in [7, 11) is 0. The fraction of sp³-hybridized carbons (Fsp3) is 0.412. The number of hydrogen-bond donors (Lipinski definition) is 3. The van der Waals surface area contributed by atoms with E-state index in [0.29, 0.717) is 72.2 Å². The maximum Gasteiger partial charge on any atom is 0.429 e. The number of carbonyl (C=O) groups is 1. The SMILES string of the molecule is CCc1cc(-c2ccc3ncc(F)cc3c2)ccc1[C@@H](Oc1cc(N2CCC3(CC2)CC(C(=O)O)NC3CC)nc(N)n1)C(F)(F)F. The zero-order valence-electron chi connectivity index (χ0n) is 26.0. The molecule has 2 fully saturated rings. The quantitative estimate of drug-likeness (QED) is 0.184. The van der Waals surface area contributed by atoms with Crippen molar-refractivity contribution in [3.8, 4) is 17.0 Å². The van der Waals surface area contributed by atoms with Gasteiger partial charge < -0.3 is 25.8 Å². The Morgan fingerprint density at radius 2 is 1.83 bits per heavy atom. The molecule has 2 unspecified atom stereocenters. The molecular formula is C34H36F4N6O3. The van der Waals surface area contributed by atoms with Crippen molar-refractivity contribution in [3.05, 3.63) is 71.7 Å². The monoisotopic (exact) mass is 652 g/mol. The van der Waals surface area contributed by atoms with Crippen LogP contribution in [0.25, 0.3) is 22.0 Å². The third-order valence-electron chi connectivity index (χ3n) is 9.57. The highest BCUT2D eigenvalue weighted by atomic mass is 19.4. The van der Waals surface area contributed by atoms with Crippen LogP contribution in [0, 0.1) is 11.2 Å². The van der Waals surface area contributed by atoms with Crippen molar-refractivity contribution >= 4 is 28.6 Å². The molecule has 2 aromatic carbocycles. The summed E-state index contributed by atoms with van der Waals surface area (Å²) in [6.07, 6.45) is -2.96. The molecule has 2 aliphatic heterocycles. The fourth-order valence-corrected chi connectivity index (χ4v) is 7.18. The number of alkyl halides is 3. The summed E-state index contributed by atoms with van der Waals surface area (Å²) in [6.45, 7) is 4.86. The van der Waals surface area contributed by atoms with Crippen molar-refractivity contribution in [2.75, 3.05) is 23.7 Å². The Bertz CT molecular complexity index is 1790. The van der Waals surface area contributed by atoms with Crippen LogP contribution in [0.5, 0.6) is 5.88 Å². The van der Waals surface area contributed by atoms with Crippen LogP contribution in [-0.2, 0) is 11.2 Å². The number of nitrogens with two attached hydrogens (primary N) is 1. The van der Waals surface area contributed by atoms with Gasteiger partial charge in [0.1, 0.15) is 17.7 Å². The number of aryl methyl sites for hydroxylation is 1. The lowest BCUT2D eigenvalue weighted by molar-refractivity contribution is -0.198. The average Bonchev–Trinajstić information content (AvgIpc) is 3.40. The number of ether oxygens (including phenoxy) is 1. The first kappa shape index (κ1) is 32.4. The summed E-state index contributed by atoms with van der Waals surface area (Å²) < 4.78 is 63.3. The lowest BCUT2D eigenvalue weighted by Crippen LogP contribution is -2.46. The van der Waals surface area contributed by atoms with Gasteiger partial charge in [-0.15, -0.1) is 0 Å². The molecule has 4 aromatic rings. The van der Waals surface area contributed by atoms with E-state index < -0.39 is 30.1 Å². The Morgan fingerprint density at radius 3 is 2.51 bits per heavy atom. The molecule has 0 bridgehead atoms. The van der Waals surface area contributed by atoms with Crippen molar-refractivity contribution in [1.82, 2.24) is 20.3 Å². The smallest absolute Gasteiger partial charge is 0.429 e. The number of anilines is 2. The largest absolute Gasteiger partial charge is 0.480 e. The summed E-state index contributed by atoms with van der Waals surface area (Å²) >= 11 is 0. The van der Waals surface area contributed by atoms with Gasteiger partial charge in [0.05, 0.1) is 11.7 Å². The molecule has 1 spiro atoms. The standard InChI is InChI=1S/C34H36F4N6O3/c1-3-19-13-20(21-6-8-25-22(14-21)15-23(35)18-40-25)5-7-24(19)30(34(36,37)38)47-29-16-28(42-32(39)43-29)44-11-9-33(10-12-44)17-26(31(45)46)41-27(33)4-2/h5-8,13-16,18,26-27,30,41H,3-4,9-12,17H2,1-2H3,(H,45,46)(H2,39,42,43)/t26?,27?,30-/m1/s1. The number of carboxylic acid groups (broad SMARTS) is 1. The molecule has 47 heavy (non-hydrogen) atoms. The van der Waals surface area contributed by atoms with E-state index in [2.05, 4.69) is 20.3 Å². The van der Waals surface area contributed by atoms with Crippen molar-refractivity contribution in [2.24, 2.45) is 5.41 Å². The number of benzene rings is 2. The normalized spacial score (nSPS) is 20.1. The molecule has 0 saturated carbocycles. The van der Waals surface area contributed by atoms with Crippen LogP contribution in [-0.4, -0.2) is 57.4 Å². The number of nitrogen functional groups attached to an aromatic ring is 1. The number of halogens is 4. The molecule has 2 aromatic heterocycles. The van der Waals surface area contributed by atoms with E-state index in [9.17, 15) is 27.5 Å². The van der Waals surface area contributed by atoms with Gasteiger partial charge in [0.25, 0.3) is 0 Å². The van der Waals surface area contributed by atoms with Gasteiger partial charge in [-0.2, -0.15) is 23.1 Å². The number of hydrogen-bond acceptors (Lipinski definition) is 8. The van der Waals surface area contributed by atoms with E-state index in [1.165, 1.54) is 18.2 Å². The highest BCUT2D eigenvalue weighted by molar-refractivity contribution is 5.84. The molecular weight excluding hydrogens is 616 g/mol. The topological polar surface area (TPSA) is 126 Å². The van der Waals surface area contributed by atoms with Crippen molar-refractivity contribution in [2.45, 2.75) is 70.3 Å². The molecule has 0 amide bonds. The first-order valence-corrected chi connectivity index (χ1v) is 15.7. The minimum absolute atomic E-state index is 0.0526. The van der Waals surface area contributed by atoms with Gasteiger partial charge in [0, 0.05) is 36.1 Å². The van der Waals surface area contributed by atoms with Crippen LogP contribution in [0.15, 0.2) is 54.7 Å². The third kappa shape index (κ3) is 6.53. The molecule has 2 saturated heterocycles. The van der Waals surface area contributed by atoms with Crippen LogP contribution >= 0.6 is 0 Å².